The zero-order valence-electron chi connectivity index (χ0n) is 31.0. The normalized spacial score (nSPS) is 14.6. The Hall–Kier alpha value is -6.74. The molecule has 1 atom stereocenters. The largest absolute Gasteiger partial charge is 0.310 e. The van der Waals surface area contributed by atoms with Crippen LogP contribution in [0.25, 0.3) is 64.3 Å². The van der Waals surface area contributed by atoms with E-state index in [2.05, 4.69) is 218 Å². The SMILES string of the molecule is CC1(c2ccccc2)c2ccccc2-c2ccc(N(c3ccc(-c4cccc5ccccc45)cc3)c3cccc(-c4ccc5c(c4)sc4ccccc45)c3)cc21. The number of benzene rings is 9. The molecule has 1 aliphatic carbocycles. The summed E-state index contributed by atoms with van der Waals surface area (Å²) < 4.78 is 2.64. The summed E-state index contributed by atoms with van der Waals surface area (Å²) in [6.45, 7) is 2.39. The van der Waals surface area contributed by atoms with Gasteiger partial charge in [-0.15, -0.1) is 11.3 Å². The van der Waals surface area contributed by atoms with Crippen LogP contribution in [-0.2, 0) is 5.41 Å². The van der Waals surface area contributed by atoms with Gasteiger partial charge >= 0.3 is 0 Å². The van der Waals surface area contributed by atoms with Crippen LogP contribution in [0.4, 0.5) is 17.1 Å². The molecule has 1 nitrogen and oxygen atoms in total. The van der Waals surface area contributed by atoms with E-state index in [0.29, 0.717) is 0 Å². The Bertz CT molecular complexity index is 3100. The first-order valence-corrected chi connectivity index (χ1v) is 20.2. The molecule has 0 N–H and O–H groups in total. The summed E-state index contributed by atoms with van der Waals surface area (Å²) >= 11 is 1.87. The molecule has 56 heavy (non-hydrogen) atoms. The monoisotopic (exact) mass is 731 g/mol. The zero-order chi connectivity index (χ0) is 37.2. The second-order valence-electron chi connectivity index (χ2n) is 15.0. The molecular weight excluding hydrogens is 695 g/mol. The van der Waals surface area contributed by atoms with Crippen molar-refractivity contribution in [2.24, 2.45) is 0 Å². The maximum atomic E-state index is 2.44. The Morgan fingerprint density at radius 1 is 0.375 bits per heavy atom. The van der Waals surface area contributed by atoms with Gasteiger partial charge in [0.05, 0.1) is 0 Å². The van der Waals surface area contributed by atoms with E-state index in [1.807, 2.05) is 11.3 Å². The van der Waals surface area contributed by atoms with Crippen molar-refractivity contribution in [2.45, 2.75) is 12.3 Å². The Kier molecular flexibility index (Phi) is 7.55. The highest BCUT2D eigenvalue weighted by Gasteiger charge is 2.41. The lowest BCUT2D eigenvalue weighted by atomic mass is 9.74. The van der Waals surface area contributed by atoms with Gasteiger partial charge in [-0.25, -0.2) is 0 Å². The molecular formula is C54H37NS. The lowest BCUT2D eigenvalue weighted by Gasteiger charge is -2.31. The van der Waals surface area contributed by atoms with Crippen LogP contribution < -0.4 is 4.90 Å². The predicted octanol–water partition coefficient (Wildman–Crippen LogP) is 15.3. The second kappa shape index (κ2) is 12.9. The van der Waals surface area contributed by atoms with Gasteiger partial charge in [-0.2, -0.15) is 0 Å². The van der Waals surface area contributed by atoms with Crippen molar-refractivity contribution in [1.29, 1.82) is 0 Å². The van der Waals surface area contributed by atoms with Crippen molar-refractivity contribution in [1.82, 2.24) is 0 Å². The minimum Gasteiger partial charge on any atom is -0.310 e. The molecule has 0 radical (unpaired) electrons. The second-order valence-corrected chi connectivity index (χ2v) is 16.1. The molecule has 9 aromatic carbocycles. The molecule has 1 aromatic heterocycles. The third-order valence-corrected chi connectivity index (χ3v) is 13.1. The molecule has 10 aromatic rings. The maximum Gasteiger partial charge on any atom is 0.0467 e. The minimum atomic E-state index is -0.297. The summed E-state index contributed by atoms with van der Waals surface area (Å²) in [5.41, 5.74) is 14.5. The minimum absolute atomic E-state index is 0.297. The van der Waals surface area contributed by atoms with Crippen LogP contribution in [-0.4, -0.2) is 0 Å². The zero-order valence-corrected chi connectivity index (χ0v) is 31.8. The number of hydrogen-bond acceptors (Lipinski definition) is 2. The fourth-order valence-corrected chi connectivity index (χ4v) is 10.3. The molecule has 1 unspecified atom stereocenters. The molecule has 0 spiro atoms. The first-order chi connectivity index (χ1) is 27.6. The van der Waals surface area contributed by atoms with Gasteiger partial charge in [0, 0.05) is 42.6 Å². The van der Waals surface area contributed by atoms with Crippen molar-refractivity contribution in [3.8, 4) is 33.4 Å². The van der Waals surface area contributed by atoms with Gasteiger partial charge in [0.15, 0.2) is 0 Å². The van der Waals surface area contributed by atoms with E-state index in [4.69, 9.17) is 0 Å². The van der Waals surface area contributed by atoms with Crippen LogP contribution in [0.5, 0.6) is 0 Å². The molecule has 0 saturated carbocycles. The summed E-state index contributed by atoms with van der Waals surface area (Å²) in [5, 5.41) is 5.16. The molecule has 1 heterocycles. The Balaban J connectivity index is 1.08. The van der Waals surface area contributed by atoms with Crippen LogP contribution in [0.2, 0.25) is 0 Å². The molecule has 1 aliphatic rings. The summed E-state index contributed by atoms with van der Waals surface area (Å²) in [6.07, 6.45) is 0. The van der Waals surface area contributed by atoms with E-state index < -0.39 is 0 Å². The summed E-state index contributed by atoms with van der Waals surface area (Å²) in [6, 6.07) is 76.1. The van der Waals surface area contributed by atoms with E-state index in [-0.39, 0.29) is 5.41 Å². The Morgan fingerprint density at radius 2 is 1.00 bits per heavy atom. The fourth-order valence-electron chi connectivity index (χ4n) is 9.15. The van der Waals surface area contributed by atoms with Gasteiger partial charge in [0.25, 0.3) is 0 Å². The first kappa shape index (κ1) is 32.7. The Morgan fingerprint density at radius 3 is 1.89 bits per heavy atom. The lowest BCUT2D eigenvalue weighted by molar-refractivity contribution is 0.714. The highest BCUT2D eigenvalue weighted by molar-refractivity contribution is 7.25. The Labute approximate surface area is 331 Å². The van der Waals surface area contributed by atoms with Gasteiger partial charge in [0.2, 0.25) is 0 Å². The van der Waals surface area contributed by atoms with Crippen LogP contribution in [0, 0.1) is 0 Å². The molecule has 2 heteroatoms. The first-order valence-electron chi connectivity index (χ1n) is 19.3. The van der Waals surface area contributed by atoms with Crippen LogP contribution in [0.3, 0.4) is 0 Å². The predicted molar refractivity (Wildman–Crippen MR) is 240 cm³/mol. The number of fused-ring (bicyclic) bond motifs is 7. The number of rotatable bonds is 6. The lowest BCUT2D eigenvalue weighted by Crippen LogP contribution is -2.22. The van der Waals surface area contributed by atoms with Crippen molar-refractivity contribution >= 4 is 59.3 Å². The van der Waals surface area contributed by atoms with E-state index in [1.165, 1.54) is 81.0 Å². The highest BCUT2D eigenvalue weighted by atomic mass is 32.1. The molecule has 0 saturated heterocycles. The quantitative estimate of drug-likeness (QED) is 0.165. The van der Waals surface area contributed by atoms with E-state index in [0.717, 1.165) is 17.1 Å². The summed E-state index contributed by atoms with van der Waals surface area (Å²) in [7, 11) is 0. The van der Waals surface area contributed by atoms with E-state index in [1.54, 1.807) is 0 Å². The molecule has 0 fully saturated rings. The molecule has 11 rings (SSSR count). The molecule has 264 valence electrons. The fraction of sp³-hybridized carbons (Fsp3) is 0.0370. The number of thiophene rings is 1. The van der Waals surface area contributed by atoms with Crippen LogP contribution in [0.1, 0.15) is 23.6 Å². The average Bonchev–Trinajstić information content (AvgIpc) is 3.77. The van der Waals surface area contributed by atoms with Gasteiger partial charge in [-0.05, 0) is 116 Å². The van der Waals surface area contributed by atoms with Crippen LogP contribution >= 0.6 is 11.3 Å². The van der Waals surface area contributed by atoms with Gasteiger partial charge < -0.3 is 4.90 Å². The third-order valence-electron chi connectivity index (χ3n) is 11.9. The molecule has 0 bridgehead atoms. The van der Waals surface area contributed by atoms with E-state index in [9.17, 15) is 0 Å². The number of nitrogens with zero attached hydrogens (tertiary/aromatic N) is 1. The maximum absolute atomic E-state index is 2.44. The van der Waals surface area contributed by atoms with Crippen molar-refractivity contribution in [3.63, 3.8) is 0 Å². The van der Waals surface area contributed by atoms with Crippen LogP contribution in [0.15, 0.2) is 206 Å². The van der Waals surface area contributed by atoms with Gasteiger partial charge in [-0.3, -0.25) is 0 Å². The average molecular weight is 732 g/mol. The van der Waals surface area contributed by atoms with Gasteiger partial charge in [-0.1, -0.05) is 158 Å². The van der Waals surface area contributed by atoms with Crippen molar-refractivity contribution in [2.75, 3.05) is 4.90 Å². The molecule has 0 aliphatic heterocycles. The standard InChI is InChI=1S/C54H37NS/c1-54(40-16-3-2-4-17-40)50-23-9-7-20-46(50)47-32-30-43(35-51(47)54)55(41-28-25-37(26-29-41)45-22-12-14-36-13-5-6-19-44(36)45)42-18-11-15-38(33-42)39-27-31-49-48-21-8-10-24-52(48)56-53(49)34-39/h2-35H,1H3. The smallest absolute Gasteiger partial charge is 0.0467 e. The van der Waals surface area contributed by atoms with Crippen molar-refractivity contribution in [3.05, 3.63) is 223 Å². The topological polar surface area (TPSA) is 3.24 Å². The molecule has 0 amide bonds. The van der Waals surface area contributed by atoms with Crippen molar-refractivity contribution < 1.29 is 0 Å². The number of anilines is 3. The third kappa shape index (κ3) is 5.14. The number of hydrogen-bond donors (Lipinski definition) is 0. The highest BCUT2D eigenvalue weighted by Crippen LogP contribution is 2.54. The van der Waals surface area contributed by atoms with E-state index >= 15 is 0 Å². The van der Waals surface area contributed by atoms with Gasteiger partial charge in [0.1, 0.15) is 0 Å². The summed E-state index contributed by atoms with van der Waals surface area (Å²) in [5.74, 6) is 0. The summed E-state index contributed by atoms with van der Waals surface area (Å²) in [4.78, 5) is 2.43.